The molecule has 1 aromatic rings. The fraction of sp³-hybridized carbons (Fsp3) is 0.500. The Balaban J connectivity index is 1.84. The quantitative estimate of drug-likeness (QED) is 0.593. The lowest BCUT2D eigenvalue weighted by atomic mass is 9.92. The minimum absolute atomic E-state index is 0.312. The molecule has 1 saturated heterocycles. The van der Waals surface area contributed by atoms with Crippen LogP contribution in [0.15, 0.2) is 41.3 Å². The van der Waals surface area contributed by atoms with E-state index in [1.807, 2.05) is 19.1 Å². The molecule has 22 heavy (non-hydrogen) atoms. The molecule has 3 nitrogen and oxygen atoms in total. The number of benzene rings is 1. The zero-order chi connectivity index (χ0) is 16.2. The summed E-state index contributed by atoms with van der Waals surface area (Å²) in [7, 11) is -3.48. The van der Waals surface area contributed by atoms with E-state index < -0.39 is 14.4 Å². The van der Waals surface area contributed by atoms with Gasteiger partial charge in [0.05, 0.1) is 4.90 Å². The maximum atomic E-state index is 12.8. The number of sulfonamides is 1. The first-order valence-corrected chi connectivity index (χ1v) is 9.52. The number of hydrogen-bond acceptors (Lipinski definition) is 2. The molecule has 1 unspecified atom stereocenters. The van der Waals surface area contributed by atoms with Crippen molar-refractivity contribution in [3.05, 3.63) is 42.0 Å². The summed E-state index contributed by atoms with van der Waals surface area (Å²) in [6, 6.07) is 6.94. The minimum atomic E-state index is -3.48. The van der Waals surface area contributed by atoms with Gasteiger partial charge >= 0.3 is 0 Å². The minimum Gasteiger partial charge on any atom is -0.207 e. The van der Waals surface area contributed by atoms with Gasteiger partial charge in [-0.25, -0.2) is 8.42 Å². The van der Waals surface area contributed by atoms with Crippen molar-refractivity contribution in [2.24, 2.45) is 5.41 Å². The molecule has 1 spiro atoms. The van der Waals surface area contributed by atoms with Crippen LogP contribution in [-0.2, 0) is 10.0 Å². The highest BCUT2D eigenvalue weighted by Gasteiger charge is 2.67. The number of rotatable bonds is 2. The van der Waals surface area contributed by atoms with Gasteiger partial charge in [-0.1, -0.05) is 29.8 Å². The number of hydrogen-bond donors (Lipinski definition) is 0. The molecular weight excluding hydrogens is 341 g/mol. The summed E-state index contributed by atoms with van der Waals surface area (Å²) >= 11 is 12.6. The van der Waals surface area contributed by atoms with E-state index in [1.54, 1.807) is 12.1 Å². The molecule has 6 heteroatoms. The van der Waals surface area contributed by atoms with Gasteiger partial charge in [0.15, 0.2) is 0 Å². The second kappa shape index (κ2) is 5.23. The maximum absolute atomic E-state index is 12.8. The first kappa shape index (κ1) is 16.3. The largest absolute Gasteiger partial charge is 0.243 e. The van der Waals surface area contributed by atoms with E-state index in [9.17, 15) is 8.42 Å². The molecule has 0 amide bonds. The smallest absolute Gasteiger partial charge is 0.207 e. The van der Waals surface area contributed by atoms with Crippen LogP contribution in [0.1, 0.15) is 24.8 Å². The molecule has 1 aliphatic heterocycles. The van der Waals surface area contributed by atoms with E-state index in [0.717, 1.165) is 11.1 Å². The number of halogens is 2. The van der Waals surface area contributed by atoms with Gasteiger partial charge in [0.25, 0.3) is 0 Å². The Morgan fingerprint density at radius 2 is 1.77 bits per heavy atom. The van der Waals surface area contributed by atoms with Crippen LogP contribution in [0.5, 0.6) is 0 Å². The van der Waals surface area contributed by atoms with Gasteiger partial charge in [-0.15, -0.1) is 23.2 Å². The predicted octanol–water partition coefficient (Wildman–Crippen LogP) is 3.90. The van der Waals surface area contributed by atoms with E-state index in [2.05, 4.69) is 6.58 Å². The Morgan fingerprint density at radius 3 is 2.32 bits per heavy atom. The van der Waals surface area contributed by atoms with Gasteiger partial charge in [0.2, 0.25) is 10.0 Å². The van der Waals surface area contributed by atoms with Crippen molar-refractivity contribution in [3.63, 3.8) is 0 Å². The van der Waals surface area contributed by atoms with Gasteiger partial charge in [0.1, 0.15) is 4.33 Å². The summed E-state index contributed by atoms with van der Waals surface area (Å²) in [6.45, 7) is 6.89. The summed E-state index contributed by atoms with van der Waals surface area (Å²) in [5, 5.41) is 0. The molecule has 2 fully saturated rings. The second-order valence-electron chi connectivity index (χ2n) is 6.28. The van der Waals surface area contributed by atoms with Crippen molar-refractivity contribution >= 4 is 33.2 Å². The normalized spacial score (nSPS) is 28.6. The van der Waals surface area contributed by atoms with Crippen LogP contribution in [-0.4, -0.2) is 30.1 Å². The standard InChI is InChI=1S/C16H19Cl2NO2S/c1-12-3-5-14(6-4-12)22(20,21)19-9-7-13(2)15(8-10-19)11-16(15,17)18/h3-6H,2,7-11H2,1H3. The lowest BCUT2D eigenvalue weighted by molar-refractivity contribution is 0.408. The van der Waals surface area contributed by atoms with Gasteiger partial charge < -0.3 is 0 Å². The SMILES string of the molecule is C=C1CCN(S(=O)(=O)c2ccc(C)cc2)CCC12CC2(Cl)Cl. The highest BCUT2D eigenvalue weighted by Crippen LogP contribution is 2.70. The van der Waals surface area contributed by atoms with Gasteiger partial charge in [-0.2, -0.15) is 4.31 Å². The fourth-order valence-corrected chi connectivity index (χ4v) is 5.55. The fourth-order valence-electron chi connectivity index (χ4n) is 3.19. The van der Waals surface area contributed by atoms with Crippen LogP contribution >= 0.6 is 23.2 Å². The van der Waals surface area contributed by atoms with Gasteiger partial charge in [-0.05, 0) is 38.3 Å². The Hall–Kier alpha value is -0.550. The lowest BCUT2D eigenvalue weighted by Gasteiger charge is -2.20. The summed E-state index contributed by atoms with van der Waals surface area (Å²) < 4.78 is 26.3. The number of aryl methyl sites for hydroxylation is 1. The zero-order valence-corrected chi connectivity index (χ0v) is 14.8. The Labute approximate surface area is 142 Å². The van der Waals surface area contributed by atoms with Gasteiger partial charge in [-0.3, -0.25) is 0 Å². The number of nitrogens with zero attached hydrogens (tertiary/aromatic N) is 1. The molecular formula is C16H19Cl2NO2S. The average molecular weight is 360 g/mol. The van der Waals surface area contributed by atoms with Crippen molar-refractivity contribution in [3.8, 4) is 0 Å². The molecule has 0 N–H and O–H groups in total. The van der Waals surface area contributed by atoms with E-state index in [1.165, 1.54) is 4.31 Å². The molecule has 1 aliphatic carbocycles. The summed E-state index contributed by atoms with van der Waals surface area (Å²) in [5.74, 6) is 0. The van der Waals surface area contributed by atoms with E-state index in [0.29, 0.717) is 37.2 Å². The molecule has 3 rings (SSSR count). The highest BCUT2D eigenvalue weighted by molar-refractivity contribution is 7.89. The molecule has 0 bridgehead atoms. The molecule has 1 heterocycles. The van der Waals surface area contributed by atoms with Gasteiger partial charge in [0, 0.05) is 18.5 Å². The summed E-state index contributed by atoms with van der Waals surface area (Å²) in [4.78, 5) is 0.332. The molecule has 2 aliphatic rings. The van der Waals surface area contributed by atoms with Crippen LogP contribution in [0, 0.1) is 12.3 Å². The Morgan fingerprint density at radius 1 is 1.18 bits per heavy atom. The maximum Gasteiger partial charge on any atom is 0.243 e. The molecule has 120 valence electrons. The molecule has 0 radical (unpaired) electrons. The average Bonchev–Trinajstić information content (AvgIpc) is 3.06. The summed E-state index contributed by atoms with van der Waals surface area (Å²) in [5.41, 5.74) is 1.70. The van der Waals surface area contributed by atoms with Crippen molar-refractivity contribution in [1.29, 1.82) is 0 Å². The third-order valence-corrected chi connectivity index (χ3v) is 7.79. The van der Waals surface area contributed by atoms with Crippen LogP contribution in [0.25, 0.3) is 0 Å². The lowest BCUT2D eigenvalue weighted by Crippen LogP contribution is -2.32. The highest BCUT2D eigenvalue weighted by atomic mass is 35.5. The zero-order valence-electron chi connectivity index (χ0n) is 12.5. The van der Waals surface area contributed by atoms with Crippen molar-refractivity contribution < 1.29 is 8.42 Å². The predicted molar refractivity (Wildman–Crippen MR) is 89.8 cm³/mol. The first-order valence-electron chi connectivity index (χ1n) is 7.32. The van der Waals surface area contributed by atoms with E-state index in [-0.39, 0.29) is 5.41 Å². The monoisotopic (exact) mass is 359 g/mol. The molecule has 0 aromatic heterocycles. The third-order valence-electron chi connectivity index (χ3n) is 4.89. The van der Waals surface area contributed by atoms with Crippen molar-refractivity contribution in [2.75, 3.05) is 13.1 Å². The van der Waals surface area contributed by atoms with Crippen LogP contribution in [0.2, 0.25) is 0 Å². The topological polar surface area (TPSA) is 37.4 Å². The van der Waals surface area contributed by atoms with Crippen LogP contribution in [0.3, 0.4) is 0 Å². The molecule has 1 saturated carbocycles. The van der Waals surface area contributed by atoms with Crippen molar-refractivity contribution in [1.82, 2.24) is 4.31 Å². The van der Waals surface area contributed by atoms with Crippen molar-refractivity contribution in [2.45, 2.75) is 35.4 Å². The molecule has 1 atom stereocenters. The van der Waals surface area contributed by atoms with Crippen LogP contribution in [0.4, 0.5) is 0 Å². The summed E-state index contributed by atoms with van der Waals surface area (Å²) in [6.07, 6.45) is 1.90. The van der Waals surface area contributed by atoms with Crippen LogP contribution < -0.4 is 0 Å². The first-order chi connectivity index (χ1) is 10.2. The third kappa shape index (κ3) is 2.50. The number of alkyl halides is 2. The van der Waals surface area contributed by atoms with E-state index in [4.69, 9.17) is 23.2 Å². The second-order valence-corrected chi connectivity index (χ2v) is 9.71. The Bertz CT molecular complexity index is 712. The molecule has 1 aromatic carbocycles. The van der Waals surface area contributed by atoms with E-state index >= 15 is 0 Å². The Kier molecular flexibility index (Phi) is 3.88.